The van der Waals surface area contributed by atoms with Crippen LogP contribution in [-0.2, 0) is 13.8 Å². The lowest BCUT2D eigenvalue weighted by Crippen LogP contribution is -2.48. The van der Waals surface area contributed by atoms with Crippen LogP contribution in [0.25, 0.3) is 0 Å². The molecular weight excluding hydrogens is 238 g/mol. The van der Waals surface area contributed by atoms with Crippen LogP contribution in [-0.4, -0.2) is 28.1 Å². The third-order valence-electron chi connectivity index (χ3n) is 1.63. The van der Waals surface area contributed by atoms with Gasteiger partial charge in [-0.25, -0.2) is 0 Å². The summed E-state index contributed by atoms with van der Waals surface area (Å²) in [6, 6.07) is 0. The summed E-state index contributed by atoms with van der Waals surface area (Å²) in [5, 5.41) is 1.60. The number of hydrogen-bond acceptors (Lipinski definition) is 4. The van der Waals surface area contributed by atoms with Gasteiger partial charge in [0.25, 0.3) is 0 Å². The van der Waals surface area contributed by atoms with E-state index in [9.17, 15) is 0 Å². The van der Waals surface area contributed by atoms with Crippen LogP contribution in [0.1, 0.15) is 6.42 Å². The molecule has 4 nitrogen and oxygen atoms in total. The fraction of sp³-hybridized carbons (Fsp3) is 0.800. The Morgan fingerprint density at radius 2 is 1.56 bits per heavy atom. The van der Waals surface area contributed by atoms with Crippen LogP contribution in [0, 0.1) is 0 Å². The quantitative estimate of drug-likeness (QED) is 0.562. The maximum Gasteiger partial charge on any atom is 0.215 e. The summed E-state index contributed by atoms with van der Waals surface area (Å²) in [5.41, 5.74) is 0. The van der Waals surface area contributed by atoms with Crippen molar-refractivity contribution in [3.05, 3.63) is 12.3 Å². The van der Waals surface area contributed by atoms with Crippen molar-refractivity contribution in [2.75, 3.05) is 0 Å². The topological polar surface area (TPSA) is 30.9 Å². The van der Waals surface area contributed by atoms with E-state index in [1.807, 2.05) is 6.08 Å². The molecule has 1 atom stereocenters. The maximum atomic E-state index is 5.92. The van der Waals surface area contributed by atoms with Gasteiger partial charge in [-0.15, -0.1) is 0 Å². The van der Waals surface area contributed by atoms with E-state index in [-0.39, 0.29) is 6.23 Å². The first kappa shape index (κ1) is 13.9. The van der Waals surface area contributed by atoms with Crippen molar-refractivity contribution in [1.82, 2.24) is 5.23 Å². The van der Waals surface area contributed by atoms with Crippen molar-refractivity contribution in [2.24, 2.45) is 0 Å². The van der Waals surface area contributed by atoms with Crippen molar-refractivity contribution in [2.45, 2.75) is 51.9 Å². The highest BCUT2D eigenvalue weighted by Gasteiger charge is 2.32. The van der Waals surface area contributed by atoms with E-state index in [0.29, 0.717) is 0 Å². The third-order valence-corrected chi connectivity index (χ3v) is 3.09. The molecule has 0 N–H and O–H groups in total. The van der Waals surface area contributed by atoms with Crippen molar-refractivity contribution in [3.63, 3.8) is 0 Å². The molecule has 0 saturated carbocycles. The van der Waals surface area contributed by atoms with E-state index >= 15 is 0 Å². The summed E-state index contributed by atoms with van der Waals surface area (Å²) in [6.07, 6.45) is 4.38. The molecule has 1 aliphatic rings. The molecule has 1 rings (SSSR count). The molecule has 1 heterocycles. The van der Waals surface area contributed by atoms with Gasteiger partial charge in [-0.1, -0.05) is 0 Å². The lowest BCUT2D eigenvalue weighted by molar-refractivity contribution is -0.335. The molecule has 94 valence electrons. The molecule has 0 fully saturated rings. The van der Waals surface area contributed by atoms with Gasteiger partial charge in [-0.3, -0.25) is 0 Å². The lowest BCUT2D eigenvalue weighted by Gasteiger charge is -2.35. The SMILES string of the molecule is C[Si](C)(C)ON(O[Si](C)(C)C)C1CC=CO1. The van der Waals surface area contributed by atoms with E-state index in [1.54, 1.807) is 11.5 Å². The molecule has 16 heavy (non-hydrogen) atoms. The van der Waals surface area contributed by atoms with E-state index in [0.717, 1.165) is 6.42 Å². The fourth-order valence-corrected chi connectivity index (χ4v) is 2.65. The maximum absolute atomic E-state index is 5.92. The van der Waals surface area contributed by atoms with Crippen LogP contribution in [0.2, 0.25) is 39.3 Å². The highest BCUT2D eigenvalue weighted by molar-refractivity contribution is 6.70. The Hall–Kier alpha value is -0.146. The minimum Gasteiger partial charge on any atom is -0.478 e. The van der Waals surface area contributed by atoms with Crippen LogP contribution < -0.4 is 0 Å². The zero-order valence-corrected chi connectivity index (χ0v) is 13.1. The molecule has 0 bridgehead atoms. The molecule has 6 heteroatoms. The summed E-state index contributed by atoms with van der Waals surface area (Å²) in [5.74, 6) is 0. The van der Waals surface area contributed by atoms with Gasteiger partial charge in [0.15, 0.2) is 0 Å². The van der Waals surface area contributed by atoms with E-state index < -0.39 is 16.6 Å². The van der Waals surface area contributed by atoms with Crippen LogP contribution in [0.4, 0.5) is 0 Å². The van der Waals surface area contributed by atoms with Crippen molar-refractivity contribution in [1.29, 1.82) is 0 Å². The second kappa shape index (κ2) is 5.01. The average Bonchev–Trinajstić information content (AvgIpc) is 2.47. The van der Waals surface area contributed by atoms with Crippen molar-refractivity contribution < 1.29 is 13.8 Å². The standard InChI is InChI=1S/C10H23NO3Si2/c1-15(2,3)13-11(14-16(4,5)6)10-8-7-9-12-10/h7,9-10H,8H2,1-6H3. The molecule has 0 spiro atoms. The molecule has 0 saturated heterocycles. The molecule has 0 radical (unpaired) electrons. The summed E-state index contributed by atoms with van der Waals surface area (Å²) in [7, 11) is -3.34. The predicted octanol–water partition coefficient (Wildman–Crippen LogP) is 3.08. The van der Waals surface area contributed by atoms with Crippen LogP contribution in [0.15, 0.2) is 12.3 Å². The van der Waals surface area contributed by atoms with Gasteiger partial charge in [-0.05, 0) is 50.6 Å². The van der Waals surface area contributed by atoms with Crippen LogP contribution >= 0.6 is 0 Å². The van der Waals surface area contributed by atoms with E-state index in [4.69, 9.17) is 13.8 Å². The van der Waals surface area contributed by atoms with Gasteiger partial charge < -0.3 is 13.8 Å². The molecule has 0 amide bonds. The number of hydroxylamine groups is 2. The van der Waals surface area contributed by atoms with E-state index in [2.05, 4.69) is 39.3 Å². The molecule has 0 aromatic heterocycles. The largest absolute Gasteiger partial charge is 0.478 e. The monoisotopic (exact) mass is 261 g/mol. The van der Waals surface area contributed by atoms with Gasteiger partial charge in [0.1, 0.15) is 0 Å². The molecule has 1 unspecified atom stereocenters. The normalized spacial score (nSPS) is 21.6. The van der Waals surface area contributed by atoms with Gasteiger partial charge >= 0.3 is 0 Å². The van der Waals surface area contributed by atoms with Gasteiger partial charge in [-0.2, -0.15) is 0 Å². The Bertz CT molecular complexity index is 234. The Balaban J connectivity index is 2.61. The van der Waals surface area contributed by atoms with Crippen molar-refractivity contribution >= 4 is 16.6 Å². The second-order valence-corrected chi connectivity index (χ2v) is 14.7. The smallest absolute Gasteiger partial charge is 0.215 e. The molecule has 0 aromatic carbocycles. The summed E-state index contributed by atoms with van der Waals surface area (Å²) in [4.78, 5) is 0. The van der Waals surface area contributed by atoms with Gasteiger partial charge in [0.05, 0.1) is 6.26 Å². The zero-order valence-electron chi connectivity index (χ0n) is 11.1. The first-order chi connectivity index (χ1) is 7.17. The predicted molar refractivity (Wildman–Crippen MR) is 69.3 cm³/mol. The minimum absolute atomic E-state index is 0.126. The molecule has 1 aliphatic heterocycles. The first-order valence-electron chi connectivity index (χ1n) is 5.65. The Kier molecular flexibility index (Phi) is 4.36. The van der Waals surface area contributed by atoms with Crippen molar-refractivity contribution in [3.8, 4) is 0 Å². The lowest BCUT2D eigenvalue weighted by atomic mass is 10.4. The van der Waals surface area contributed by atoms with Gasteiger partial charge in [0.2, 0.25) is 22.9 Å². The number of hydrogen-bond donors (Lipinski definition) is 0. The number of rotatable bonds is 5. The second-order valence-electron chi connectivity index (χ2n) is 5.89. The summed E-state index contributed by atoms with van der Waals surface area (Å²) >= 11 is 0. The minimum atomic E-state index is -1.67. The van der Waals surface area contributed by atoms with Crippen LogP contribution in [0.5, 0.6) is 0 Å². The Morgan fingerprint density at radius 1 is 1.06 bits per heavy atom. The molecule has 0 aromatic rings. The summed E-state index contributed by atoms with van der Waals surface area (Å²) < 4.78 is 17.3. The van der Waals surface area contributed by atoms with E-state index in [1.165, 1.54) is 0 Å². The highest BCUT2D eigenvalue weighted by atomic mass is 28.4. The summed E-state index contributed by atoms with van der Waals surface area (Å²) in [6.45, 7) is 12.8. The zero-order chi connectivity index (χ0) is 12.4. The average molecular weight is 261 g/mol. The Morgan fingerprint density at radius 3 is 1.88 bits per heavy atom. The fourth-order valence-electron chi connectivity index (χ4n) is 1.19. The first-order valence-corrected chi connectivity index (χ1v) is 12.5. The molecular formula is C10H23NO3Si2. The number of ether oxygens (including phenoxy) is 1. The molecule has 0 aliphatic carbocycles. The highest BCUT2D eigenvalue weighted by Crippen LogP contribution is 2.21. The van der Waals surface area contributed by atoms with Gasteiger partial charge in [0, 0.05) is 6.42 Å². The third kappa shape index (κ3) is 5.26. The number of nitrogens with zero attached hydrogens (tertiary/aromatic N) is 1. The Labute approximate surface area is 100 Å². The van der Waals surface area contributed by atoms with Crippen LogP contribution in [0.3, 0.4) is 0 Å².